The SMILES string of the molecule is CS(=O)(=O)CCNc1nc(C2=CCNCC2)nc2cnc(Cl)cc12. The number of nitrogens with zero attached hydrogens (tertiary/aromatic N) is 3. The number of anilines is 1. The Morgan fingerprint density at radius 2 is 2.21 bits per heavy atom. The van der Waals surface area contributed by atoms with Crippen LogP contribution in [0.2, 0.25) is 5.15 Å². The number of rotatable bonds is 5. The summed E-state index contributed by atoms with van der Waals surface area (Å²) < 4.78 is 22.7. The zero-order valence-electron chi connectivity index (χ0n) is 13.2. The lowest BCUT2D eigenvalue weighted by Gasteiger charge is -2.15. The molecule has 1 aliphatic heterocycles. The second kappa shape index (κ2) is 7.00. The molecule has 3 rings (SSSR count). The van der Waals surface area contributed by atoms with Crippen LogP contribution in [0.1, 0.15) is 12.2 Å². The Labute approximate surface area is 145 Å². The summed E-state index contributed by atoms with van der Waals surface area (Å²) in [5.74, 6) is 1.23. The van der Waals surface area contributed by atoms with Crippen LogP contribution in [-0.2, 0) is 9.84 Å². The molecule has 0 unspecified atom stereocenters. The van der Waals surface area contributed by atoms with Crippen molar-refractivity contribution in [3.8, 4) is 0 Å². The molecule has 0 saturated carbocycles. The van der Waals surface area contributed by atoms with Gasteiger partial charge in [-0.1, -0.05) is 17.7 Å². The van der Waals surface area contributed by atoms with E-state index in [0.29, 0.717) is 22.3 Å². The summed E-state index contributed by atoms with van der Waals surface area (Å²) in [5, 5.41) is 7.40. The van der Waals surface area contributed by atoms with Crippen molar-refractivity contribution < 1.29 is 8.42 Å². The van der Waals surface area contributed by atoms with Gasteiger partial charge in [0, 0.05) is 24.7 Å². The summed E-state index contributed by atoms with van der Waals surface area (Å²) in [6.45, 7) is 1.93. The van der Waals surface area contributed by atoms with E-state index in [1.165, 1.54) is 6.26 Å². The first-order valence-corrected chi connectivity index (χ1v) is 10.0. The van der Waals surface area contributed by atoms with E-state index in [9.17, 15) is 8.42 Å². The van der Waals surface area contributed by atoms with E-state index in [1.54, 1.807) is 12.3 Å². The van der Waals surface area contributed by atoms with Gasteiger partial charge < -0.3 is 10.6 Å². The lowest BCUT2D eigenvalue weighted by Crippen LogP contribution is -2.21. The van der Waals surface area contributed by atoms with Crippen LogP contribution in [0.3, 0.4) is 0 Å². The van der Waals surface area contributed by atoms with Crippen molar-refractivity contribution in [3.63, 3.8) is 0 Å². The molecule has 0 radical (unpaired) electrons. The molecule has 2 N–H and O–H groups in total. The molecule has 0 amide bonds. The van der Waals surface area contributed by atoms with Crippen molar-refractivity contribution in [2.45, 2.75) is 6.42 Å². The van der Waals surface area contributed by atoms with Gasteiger partial charge in [-0.15, -0.1) is 0 Å². The van der Waals surface area contributed by atoms with E-state index in [1.807, 2.05) is 0 Å². The Kier molecular flexibility index (Phi) is 4.98. The normalized spacial score (nSPS) is 15.3. The summed E-state index contributed by atoms with van der Waals surface area (Å²) in [6.07, 6.45) is 5.72. The first-order valence-electron chi connectivity index (χ1n) is 7.57. The summed E-state index contributed by atoms with van der Waals surface area (Å²) in [4.78, 5) is 13.2. The maximum atomic E-state index is 11.3. The second-order valence-corrected chi connectivity index (χ2v) is 8.31. The number of hydrogen-bond donors (Lipinski definition) is 2. The largest absolute Gasteiger partial charge is 0.368 e. The zero-order chi connectivity index (χ0) is 17.2. The smallest absolute Gasteiger partial charge is 0.157 e. The van der Waals surface area contributed by atoms with E-state index in [-0.39, 0.29) is 12.3 Å². The Morgan fingerprint density at radius 1 is 1.38 bits per heavy atom. The molecule has 128 valence electrons. The van der Waals surface area contributed by atoms with Gasteiger partial charge >= 0.3 is 0 Å². The number of sulfone groups is 1. The molecule has 0 spiro atoms. The highest BCUT2D eigenvalue weighted by Crippen LogP contribution is 2.26. The first kappa shape index (κ1) is 17.1. The van der Waals surface area contributed by atoms with Crippen LogP contribution >= 0.6 is 11.6 Å². The fraction of sp³-hybridized carbons (Fsp3) is 0.400. The Morgan fingerprint density at radius 3 is 2.92 bits per heavy atom. The molecular formula is C15H18ClN5O2S. The van der Waals surface area contributed by atoms with Crippen molar-refractivity contribution in [2.24, 2.45) is 0 Å². The van der Waals surface area contributed by atoms with Crippen molar-refractivity contribution in [3.05, 3.63) is 29.3 Å². The molecule has 2 aromatic rings. The Hall–Kier alpha value is -1.77. The first-order chi connectivity index (χ1) is 11.4. The number of fused-ring (bicyclic) bond motifs is 1. The van der Waals surface area contributed by atoms with E-state index in [2.05, 4.69) is 31.7 Å². The fourth-order valence-corrected chi connectivity index (χ4v) is 3.10. The lowest BCUT2D eigenvalue weighted by atomic mass is 10.1. The molecule has 0 atom stereocenters. The van der Waals surface area contributed by atoms with E-state index in [4.69, 9.17) is 11.6 Å². The third kappa shape index (κ3) is 4.19. The predicted octanol–water partition coefficient (Wildman–Crippen LogP) is 1.51. The minimum absolute atomic E-state index is 0.0270. The standard InChI is InChI=1S/C15H18ClN5O2S/c1-24(22,23)7-6-18-15-11-8-13(16)19-9-12(11)20-14(21-15)10-2-4-17-5-3-10/h2,8-9,17H,3-7H2,1H3,(H,18,20,21). The minimum Gasteiger partial charge on any atom is -0.368 e. The molecule has 0 saturated heterocycles. The van der Waals surface area contributed by atoms with Gasteiger partial charge in [-0.25, -0.2) is 23.4 Å². The van der Waals surface area contributed by atoms with Crippen LogP contribution in [0.4, 0.5) is 5.82 Å². The Balaban J connectivity index is 1.99. The van der Waals surface area contributed by atoms with Gasteiger partial charge in [0.2, 0.25) is 0 Å². The van der Waals surface area contributed by atoms with E-state index < -0.39 is 9.84 Å². The lowest BCUT2D eigenvalue weighted by molar-refractivity contribution is 0.602. The van der Waals surface area contributed by atoms with Crippen LogP contribution in [0.5, 0.6) is 0 Å². The van der Waals surface area contributed by atoms with Crippen molar-refractivity contribution >= 4 is 43.7 Å². The van der Waals surface area contributed by atoms with Crippen LogP contribution in [0.15, 0.2) is 18.3 Å². The zero-order valence-corrected chi connectivity index (χ0v) is 14.8. The van der Waals surface area contributed by atoms with Gasteiger partial charge in [0.05, 0.1) is 17.5 Å². The highest BCUT2D eigenvalue weighted by atomic mass is 35.5. The third-order valence-electron chi connectivity index (χ3n) is 3.67. The van der Waals surface area contributed by atoms with Crippen LogP contribution in [-0.4, -0.2) is 55.0 Å². The van der Waals surface area contributed by atoms with E-state index >= 15 is 0 Å². The van der Waals surface area contributed by atoms with Gasteiger partial charge in [-0.3, -0.25) is 0 Å². The summed E-state index contributed by atoms with van der Waals surface area (Å²) in [7, 11) is -3.05. The summed E-state index contributed by atoms with van der Waals surface area (Å²) in [5.41, 5.74) is 1.74. The molecule has 9 heteroatoms. The van der Waals surface area contributed by atoms with Gasteiger partial charge in [-0.05, 0) is 24.6 Å². The summed E-state index contributed by atoms with van der Waals surface area (Å²) in [6, 6.07) is 1.68. The van der Waals surface area contributed by atoms with Crippen molar-refractivity contribution in [1.82, 2.24) is 20.3 Å². The molecular weight excluding hydrogens is 350 g/mol. The number of nitrogens with one attached hydrogen (secondary N) is 2. The van der Waals surface area contributed by atoms with Gasteiger partial charge in [-0.2, -0.15) is 0 Å². The van der Waals surface area contributed by atoms with Crippen molar-refractivity contribution in [1.29, 1.82) is 0 Å². The molecule has 7 nitrogen and oxygen atoms in total. The molecule has 2 aromatic heterocycles. The number of pyridine rings is 1. The molecule has 1 aliphatic rings. The number of hydrogen-bond acceptors (Lipinski definition) is 7. The monoisotopic (exact) mass is 367 g/mol. The van der Waals surface area contributed by atoms with Crippen LogP contribution in [0.25, 0.3) is 16.5 Å². The highest BCUT2D eigenvalue weighted by Gasteiger charge is 2.14. The third-order valence-corrected chi connectivity index (χ3v) is 4.82. The quantitative estimate of drug-likeness (QED) is 0.773. The van der Waals surface area contributed by atoms with Gasteiger partial charge in [0.15, 0.2) is 5.82 Å². The van der Waals surface area contributed by atoms with Crippen LogP contribution < -0.4 is 10.6 Å². The maximum absolute atomic E-state index is 11.3. The Bertz CT molecular complexity index is 898. The van der Waals surface area contributed by atoms with Gasteiger partial charge in [0.25, 0.3) is 0 Å². The molecule has 0 aliphatic carbocycles. The average Bonchev–Trinajstić information content (AvgIpc) is 2.54. The highest BCUT2D eigenvalue weighted by molar-refractivity contribution is 7.90. The molecule has 0 bridgehead atoms. The van der Waals surface area contributed by atoms with E-state index in [0.717, 1.165) is 30.5 Å². The average molecular weight is 368 g/mol. The summed E-state index contributed by atoms with van der Waals surface area (Å²) >= 11 is 5.98. The molecule has 24 heavy (non-hydrogen) atoms. The van der Waals surface area contributed by atoms with Gasteiger partial charge in [0.1, 0.15) is 20.8 Å². The second-order valence-electron chi connectivity index (χ2n) is 5.66. The number of aromatic nitrogens is 3. The topological polar surface area (TPSA) is 96.9 Å². The van der Waals surface area contributed by atoms with Crippen molar-refractivity contribution in [2.75, 3.05) is 37.0 Å². The number of halogens is 1. The molecule has 3 heterocycles. The molecule has 0 aromatic carbocycles. The maximum Gasteiger partial charge on any atom is 0.157 e. The predicted molar refractivity (Wildman–Crippen MR) is 96.0 cm³/mol. The minimum atomic E-state index is -3.05. The molecule has 0 fully saturated rings. The fourth-order valence-electron chi connectivity index (χ4n) is 2.47. The van der Waals surface area contributed by atoms with Crippen LogP contribution in [0, 0.1) is 0 Å².